The van der Waals surface area contributed by atoms with E-state index < -0.39 is 0 Å². The molecule has 118 valence electrons. The van der Waals surface area contributed by atoms with Gasteiger partial charge in [-0.15, -0.1) is 0 Å². The number of nitrogens with zero attached hydrogens (tertiary/aromatic N) is 1. The van der Waals surface area contributed by atoms with Gasteiger partial charge in [0.2, 0.25) is 0 Å². The number of hydrogen-bond donors (Lipinski definition) is 1. The van der Waals surface area contributed by atoms with Crippen molar-refractivity contribution in [2.45, 2.75) is 84.7 Å². The van der Waals surface area contributed by atoms with Crippen molar-refractivity contribution in [1.29, 1.82) is 0 Å². The van der Waals surface area contributed by atoms with Crippen molar-refractivity contribution in [2.75, 3.05) is 19.6 Å². The maximum Gasteiger partial charge on any atom is 0.0252 e. The predicted molar refractivity (Wildman–Crippen MR) is 88.1 cm³/mol. The Labute approximate surface area is 126 Å². The topological polar surface area (TPSA) is 15.3 Å². The van der Waals surface area contributed by atoms with Crippen LogP contribution in [0.1, 0.15) is 73.1 Å². The van der Waals surface area contributed by atoms with Gasteiger partial charge >= 0.3 is 0 Å². The molecule has 0 aromatic carbocycles. The molecule has 1 aliphatic carbocycles. The summed E-state index contributed by atoms with van der Waals surface area (Å²) in [4.78, 5) is 2.82. The molecular formula is C18H36N2. The van der Waals surface area contributed by atoms with E-state index in [2.05, 4.69) is 44.8 Å². The molecule has 1 atom stereocenters. The lowest BCUT2D eigenvalue weighted by Crippen LogP contribution is -2.62. The van der Waals surface area contributed by atoms with Crippen molar-refractivity contribution < 1.29 is 0 Å². The SMILES string of the molecule is CCC1CNC(C)(C)CN1CC1(CC(C)C)CCCC1. The van der Waals surface area contributed by atoms with Crippen molar-refractivity contribution in [1.82, 2.24) is 10.2 Å². The van der Waals surface area contributed by atoms with Crippen LogP contribution in [0.4, 0.5) is 0 Å². The molecule has 2 rings (SSSR count). The van der Waals surface area contributed by atoms with Gasteiger partial charge in [0, 0.05) is 31.2 Å². The first-order valence-electron chi connectivity index (χ1n) is 8.85. The standard InChI is InChI=1S/C18H36N2/c1-6-16-12-19-17(4,5)13-20(16)14-18(11-15(2)3)9-7-8-10-18/h15-16,19H,6-14H2,1-5H3. The maximum atomic E-state index is 3.73. The van der Waals surface area contributed by atoms with Crippen LogP contribution < -0.4 is 5.32 Å². The van der Waals surface area contributed by atoms with E-state index in [1.807, 2.05) is 0 Å². The molecule has 2 fully saturated rings. The van der Waals surface area contributed by atoms with Gasteiger partial charge in [-0.05, 0) is 50.9 Å². The molecular weight excluding hydrogens is 244 g/mol. The van der Waals surface area contributed by atoms with E-state index in [0.717, 1.165) is 12.0 Å². The first-order chi connectivity index (χ1) is 9.36. The molecule has 0 bridgehead atoms. The minimum Gasteiger partial charge on any atom is -0.309 e. The minimum absolute atomic E-state index is 0.281. The third-order valence-electron chi connectivity index (χ3n) is 5.45. The number of nitrogens with one attached hydrogen (secondary N) is 1. The van der Waals surface area contributed by atoms with Crippen LogP contribution in [0, 0.1) is 11.3 Å². The molecule has 2 nitrogen and oxygen atoms in total. The molecule has 0 aromatic heterocycles. The van der Waals surface area contributed by atoms with Gasteiger partial charge in [-0.3, -0.25) is 4.90 Å². The van der Waals surface area contributed by atoms with E-state index >= 15 is 0 Å². The molecule has 2 heteroatoms. The summed E-state index contributed by atoms with van der Waals surface area (Å²) in [6.45, 7) is 15.6. The summed E-state index contributed by atoms with van der Waals surface area (Å²) in [7, 11) is 0. The number of piperazine rings is 1. The largest absolute Gasteiger partial charge is 0.309 e. The Morgan fingerprint density at radius 3 is 2.40 bits per heavy atom. The monoisotopic (exact) mass is 280 g/mol. The lowest BCUT2D eigenvalue weighted by Gasteiger charge is -2.48. The van der Waals surface area contributed by atoms with E-state index in [9.17, 15) is 0 Å². The van der Waals surface area contributed by atoms with Gasteiger partial charge < -0.3 is 5.32 Å². The summed E-state index contributed by atoms with van der Waals surface area (Å²) < 4.78 is 0. The fraction of sp³-hybridized carbons (Fsp3) is 1.00. The van der Waals surface area contributed by atoms with Crippen LogP contribution in [0.2, 0.25) is 0 Å². The van der Waals surface area contributed by atoms with E-state index in [-0.39, 0.29) is 5.54 Å². The summed E-state index contributed by atoms with van der Waals surface area (Å²) >= 11 is 0. The smallest absolute Gasteiger partial charge is 0.0252 e. The Morgan fingerprint density at radius 1 is 1.20 bits per heavy atom. The third kappa shape index (κ3) is 3.98. The fourth-order valence-corrected chi connectivity index (χ4v) is 4.65. The van der Waals surface area contributed by atoms with Crippen molar-refractivity contribution in [2.24, 2.45) is 11.3 Å². The number of rotatable bonds is 5. The Morgan fingerprint density at radius 2 is 1.85 bits per heavy atom. The summed E-state index contributed by atoms with van der Waals surface area (Å²) in [6.07, 6.45) is 8.55. The molecule has 1 saturated heterocycles. The molecule has 2 aliphatic rings. The molecule has 0 spiro atoms. The van der Waals surface area contributed by atoms with Gasteiger partial charge in [0.15, 0.2) is 0 Å². The average Bonchev–Trinajstić information content (AvgIpc) is 2.75. The number of hydrogen-bond acceptors (Lipinski definition) is 2. The van der Waals surface area contributed by atoms with Crippen LogP contribution in [-0.4, -0.2) is 36.1 Å². The van der Waals surface area contributed by atoms with Crippen molar-refractivity contribution in [3.05, 3.63) is 0 Å². The first-order valence-corrected chi connectivity index (χ1v) is 8.85. The minimum atomic E-state index is 0.281. The zero-order chi connectivity index (χ0) is 14.8. The van der Waals surface area contributed by atoms with Gasteiger partial charge in [0.25, 0.3) is 0 Å². The Hall–Kier alpha value is -0.0800. The maximum absolute atomic E-state index is 3.73. The van der Waals surface area contributed by atoms with Gasteiger partial charge in [0.05, 0.1) is 0 Å². The van der Waals surface area contributed by atoms with Crippen molar-refractivity contribution in [3.8, 4) is 0 Å². The van der Waals surface area contributed by atoms with Crippen LogP contribution in [0.3, 0.4) is 0 Å². The van der Waals surface area contributed by atoms with E-state index in [0.29, 0.717) is 5.41 Å². The highest BCUT2D eigenvalue weighted by Gasteiger charge is 2.40. The zero-order valence-corrected chi connectivity index (χ0v) is 14.5. The second-order valence-electron chi connectivity index (χ2n) is 8.54. The predicted octanol–water partition coefficient (Wildman–Crippen LogP) is 4.06. The van der Waals surface area contributed by atoms with Gasteiger partial charge in [0.1, 0.15) is 0 Å². The van der Waals surface area contributed by atoms with Crippen LogP contribution >= 0.6 is 0 Å². The first kappa shape index (κ1) is 16.3. The molecule has 1 saturated carbocycles. The molecule has 20 heavy (non-hydrogen) atoms. The highest BCUT2D eigenvalue weighted by Crippen LogP contribution is 2.44. The average molecular weight is 280 g/mol. The van der Waals surface area contributed by atoms with E-state index in [1.54, 1.807) is 0 Å². The summed E-state index contributed by atoms with van der Waals surface area (Å²) in [5, 5.41) is 3.73. The van der Waals surface area contributed by atoms with Crippen LogP contribution in [0.25, 0.3) is 0 Å². The second kappa shape index (κ2) is 6.36. The van der Waals surface area contributed by atoms with E-state index in [1.165, 1.54) is 58.2 Å². The second-order valence-corrected chi connectivity index (χ2v) is 8.54. The van der Waals surface area contributed by atoms with Crippen molar-refractivity contribution >= 4 is 0 Å². The van der Waals surface area contributed by atoms with Gasteiger partial charge in [-0.2, -0.15) is 0 Å². The van der Waals surface area contributed by atoms with Crippen molar-refractivity contribution in [3.63, 3.8) is 0 Å². The molecule has 0 aromatic rings. The van der Waals surface area contributed by atoms with Crippen LogP contribution in [-0.2, 0) is 0 Å². The van der Waals surface area contributed by atoms with Crippen LogP contribution in [0.5, 0.6) is 0 Å². The molecule has 1 N–H and O–H groups in total. The van der Waals surface area contributed by atoms with Gasteiger partial charge in [-0.25, -0.2) is 0 Å². The van der Waals surface area contributed by atoms with Gasteiger partial charge in [-0.1, -0.05) is 33.6 Å². The zero-order valence-electron chi connectivity index (χ0n) is 14.5. The highest BCUT2D eigenvalue weighted by molar-refractivity contribution is 4.96. The lowest BCUT2D eigenvalue weighted by atomic mass is 9.77. The quantitative estimate of drug-likeness (QED) is 0.817. The molecule has 0 radical (unpaired) electrons. The normalized spacial score (nSPS) is 30.0. The Bertz CT molecular complexity index is 303. The molecule has 1 unspecified atom stereocenters. The third-order valence-corrected chi connectivity index (χ3v) is 5.45. The Kier molecular flexibility index (Phi) is 5.18. The fourth-order valence-electron chi connectivity index (χ4n) is 4.65. The van der Waals surface area contributed by atoms with Crippen LogP contribution in [0.15, 0.2) is 0 Å². The molecule has 0 amide bonds. The molecule has 1 aliphatic heterocycles. The summed E-state index contributed by atoms with van der Waals surface area (Å²) in [5.74, 6) is 0.837. The lowest BCUT2D eigenvalue weighted by molar-refractivity contribution is 0.0392. The Balaban J connectivity index is 2.07. The molecule has 1 heterocycles. The summed E-state index contributed by atoms with van der Waals surface area (Å²) in [6, 6.07) is 0.743. The summed E-state index contributed by atoms with van der Waals surface area (Å²) in [5.41, 5.74) is 0.901. The highest BCUT2D eigenvalue weighted by atomic mass is 15.3. The van der Waals surface area contributed by atoms with E-state index in [4.69, 9.17) is 0 Å².